The molecule has 1 N–H and O–H groups in total. The second-order valence-corrected chi connectivity index (χ2v) is 10.5. The van der Waals surface area contributed by atoms with Gasteiger partial charge < -0.3 is 5.32 Å². The molecule has 6 heteroatoms. The Bertz CT molecular complexity index is 1010. The number of amides is 1. The van der Waals surface area contributed by atoms with Gasteiger partial charge in [0.1, 0.15) is 0 Å². The molecule has 30 heavy (non-hydrogen) atoms. The number of halogens is 1. The first-order valence-corrected chi connectivity index (χ1v) is 11.5. The molecule has 4 fully saturated rings. The van der Waals surface area contributed by atoms with Crippen molar-refractivity contribution in [1.82, 2.24) is 0 Å². The van der Waals surface area contributed by atoms with E-state index >= 15 is 0 Å². The molecule has 4 aliphatic carbocycles. The number of non-ortho nitro benzene ring substituents is 1. The van der Waals surface area contributed by atoms with Gasteiger partial charge in [0, 0.05) is 22.3 Å². The van der Waals surface area contributed by atoms with Crippen LogP contribution < -0.4 is 5.32 Å². The Morgan fingerprint density at radius 1 is 1.07 bits per heavy atom. The first-order valence-electron chi connectivity index (χ1n) is 10.7. The van der Waals surface area contributed by atoms with Crippen molar-refractivity contribution in [3.8, 4) is 0 Å². The monoisotopic (exact) mass is 468 g/mol. The summed E-state index contributed by atoms with van der Waals surface area (Å²) in [5, 5.41) is 14.0. The van der Waals surface area contributed by atoms with Gasteiger partial charge in [0.15, 0.2) is 0 Å². The predicted molar refractivity (Wildman–Crippen MR) is 120 cm³/mol. The van der Waals surface area contributed by atoms with E-state index in [9.17, 15) is 14.9 Å². The lowest BCUT2D eigenvalue weighted by Gasteiger charge is -2.57. The fraction of sp³-hybridized carbons (Fsp3) is 0.458. The average molecular weight is 469 g/mol. The van der Waals surface area contributed by atoms with Crippen LogP contribution in [0.25, 0.3) is 0 Å². The molecule has 0 unspecified atom stereocenters. The highest BCUT2D eigenvalue weighted by Crippen LogP contribution is 2.60. The number of nitrogens with zero attached hydrogens (tertiary/aromatic N) is 1. The van der Waals surface area contributed by atoms with Gasteiger partial charge in [-0.25, -0.2) is 0 Å². The molecule has 0 heterocycles. The van der Waals surface area contributed by atoms with Gasteiger partial charge in [-0.2, -0.15) is 0 Å². The van der Waals surface area contributed by atoms with Crippen LogP contribution in [-0.2, 0) is 5.41 Å². The van der Waals surface area contributed by atoms with Crippen LogP contribution in [0.15, 0.2) is 40.9 Å². The number of nitrogens with one attached hydrogen (secondary N) is 1. The fourth-order valence-corrected chi connectivity index (χ4v) is 7.02. The van der Waals surface area contributed by atoms with E-state index in [4.69, 9.17) is 0 Å². The summed E-state index contributed by atoms with van der Waals surface area (Å²) in [6.45, 7) is 2.03. The maximum Gasteiger partial charge on any atom is 0.270 e. The molecule has 2 aromatic rings. The third-order valence-corrected chi connectivity index (χ3v) is 8.22. The molecule has 2 aromatic carbocycles. The van der Waals surface area contributed by atoms with E-state index in [1.54, 1.807) is 0 Å². The zero-order chi connectivity index (χ0) is 21.0. The van der Waals surface area contributed by atoms with Crippen LogP contribution in [0, 0.1) is 34.8 Å². The lowest BCUT2D eigenvalue weighted by molar-refractivity contribution is -0.384. The van der Waals surface area contributed by atoms with Crippen molar-refractivity contribution < 1.29 is 9.72 Å². The first-order chi connectivity index (χ1) is 14.3. The molecular weight excluding hydrogens is 444 g/mol. The van der Waals surface area contributed by atoms with Gasteiger partial charge in [0.25, 0.3) is 11.6 Å². The number of nitro benzene ring substituents is 1. The normalized spacial score (nSPS) is 29.1. The van der Waals surface area contributed by atoms with Crippen molar-refractivity contribution in [3.05, 3.63) is 67.7 Å². The van der Waals surface area contributed by atoms with Gasteiger partial charge in [-0.05, 0) is 108 Å². The third kappa shape index (κ3) is 3.35. The van der Waals surface area contributed by atoms with Gasteiger partial charge in [-0.1, -0.05) is 12.1 Å². The van der Waals surface area contributed by atoms with Crippen molar-refractivity contribution >= 4 is 33.2 Å². The van der Waals surface area contributed by atoms with E-state index in [0.717, 1.165) is 29.0 Å². The van der Waals surface area contributed by atoms with Gasteiger partial charge in [0.2, 0.25) is 0 Å². The molecule has 0 aromatic heterocycles. The van der Waals surface area contributed by atoms with Crippen molar-refractivity contribution in [2.75, 3.05) is 5.32 Å². The lowest BCUT2D eigenvalue weighted by Crippen LogP contribution is -2.48. The van der Waals surface area contributed by atoms with Gasteiger partial charge >= 0.3 is 0 Å². The summed E-state index contributed by atoms with van der Waals surface area (Å²) in [6, 6.07) is 10.7. The Labute approximate surface area is 184 Å². The molecule has 6 rings (SSSR count). The van der Waals surface area contributed by atoms with Crippen LogP contribution in [0.1, 0.15) is 60.0 Å². The van der Waals surface area contributed by atoms with Gasteiger partial charge in [-0.15, -0.1) is 0 Å². The molecule has 5 nitrogen and oxygen atoms in total. The Hall–Kier alpha value is -2.21. The molecule has 0 saturated heterocycles. The smallest absolute Gasteiger partial charge is 0.270 e. The molecule has 0 spiro atoms. The zero-order valence-electron chi connectivity index (χ0n) is 17.0. The number of carbonyl (C=O) groups is 1. The lowest BCUT2D eigenvalue weighted by atomic mass is 9.48. The molecule has 1 amide bonds. The molecule has 0 aliphatic heterocycles. The first kappa shape index (κ1) is 19.7. The Balaban J connectivity index is 1.39. The van der Waals surface area contributed by atoms with Crippen molar-refractivity contribution in [2.24, 2.45) is 17.8 Å². The minimum absolute atomic E-state index is 0.0998. The number of rotatable bonds is 4. The highest BCUT2D eigenvalue weighted by atomic mass is 79.9. The Kier molecular flexibility index (Phi) is 4.73. The van der Waals surface area contributed by atoms with Crippen LogP contribution in [0.3, 0.4) is 0 Å². The highest BCUT2D eigenvalue weighted by Gasteiger charge is 2.51. The standard InChI is InChI=1S/C24H25BrN2O3/c1-14-6-18(24-11-15-7-16(12-24)9-17(8-15)13-24)2-5-22(14)26-23(28)20-10-19(27(29)30)3-4-21(20)25/h2-6,10,15-17H,7-9,11-13H2,1H3,(H,26,28). The number of nitro groups is 1. The van der Waals surface area contributed by atoms with Crippen molar-refractivity contribution in [1.29, 1.82) is 0 Å². The van der Waals surface area contributed by atoms with Crippen molar-refractivity contribution in [2.45, 2.75) is 50.9 Å². The number of benzene rings is 2. The summed E-state index contributed by atoms with van der Waals surface area (Å²) in [4.78, 5) is 23.4. The fourth-order valence-electron chi connectivity index (χ4n) is 6.59. The summed E-state index contributed by atoms with van der Waals surface area (Å²) in [7, 11) is 0. The molecule has 0 radical (unpaired) electrons. The quantitative estimate of drug-likeness (QED) is 0.417. The highest BCUT2D eigenvalue weighted by molar-refractivity contribution is 9.10. The van der Waals surface area contributed by atoms with E-state index in [2.05, 4.69) is 33.4 Å². The molecule has 4 bridgehead atoms. The molecule has 156 valence electrons. The third-order valence-electron chi connectivity index (χ3n) is 7.53. The average Bonchev–Trinajstić information content (AvgIpc) is 2.68. The SMILES string of the molecule is Cc1cc(C23CC4CC(CC(C4)C2)C3)ccc1NC(=O)c1cc([N+](=O)[O-])ccc1Br. The summed E-state index contributed by atoms with van der Waals surface area (Å²) < 4.78 is 0.536. The topological polar surface area (TPSA) is 72.2 Å². The van der Waals surface area contributed by atoms with Crippen LogP contribution >= 0.6 is 15.9 Å². The van der Waals surface area contributed by atoms with E-state index in [-0.39, 0.29) is 17.2 Å². The van der Waals surface area contributed by atoms with E-state index in [1.807, 2.05) is 13.0 Å². The van der Waals surface area contributed by atoms with E-state index in [0.29, 0.717) is 9.89 Å². The second kappa shape index (κ2) is 7.19. The van der Waals surface area contributed by atoms with Crippen molar-refractivity contribution in [3.63, 3.8) is 0 Å². The summed E-state index contributed by atoms with van der Waals surface area (Å²) in [6.07, 6.45) is 8.19. The largest absolute Gasteiger partial charge is 0.322 e. The van der Waals surface area contributed by atoms with Crippen LogP contribution in [0.4, 0.5) is 11.4 Å². The number of hydrogen-bond acceptors (Lipinski definition) is 3. The Morgan fingerprint density at radius 2 is 1.70 bits per heavy atom. The second-order valence-electron chi connectivity index (χ2n) is 9.60. The summed E-state index contributed by atoms with van der Waals surface area (Å²) >= 11 is 3.33. The number of anilines is 1. The Morgan fingerprint density at radius 3 is 2.27 bits per heavy atom. The van der Waals surface area contributed by atoms with Crippen LogP contribution in [0.2, 0.25) is 0 Å². The number of aryl methyl sites for hydroxylation is 1. The number of carbonyl (C=O) groups excluding carboxylic acids is 1. The minimum Gasteiger partial charge on any atom is -0.322 e. The van der Waals surface area contributed by atoms with Gasteiger partial charge in [0.05, 0.1) is 10.5 Å². The molecular formula is C24H25BrN2O3. The predicted octanol–water partition coefficient (Wildman–Crippen LogP) is 6.39. The minimum atomic E-state index is -0.491. The molecule has 4 saturated carbocycles. The number of hydrogen-bond donors (Lipinski definition) is 1. The van der Waals surface area contributed by atoms with Crippen LogP contribution in [-0.4, -0.2) is 10.8 Å². The van der Waals surface area contributed by atoms with E-state index < -0.39 is 4.92 Å². The summed E-state index contributed by atoms with van der Waals surface area (Å²) in [5.41, 5.74) is 3.70. The van der Waals surface area contributed by atoms with Crippen LogP contribution in [0.5, 0.6) is 0 Å². The zero-order valence-corrected chi connectivity index (χ0v) is 18.6. The van der Waals surface area contributed by atoms with Gasteiger partial charge in [-0.3, -0.25) is 14.9 Å². The van der Waals surface area contributed by atoms with E-state index in [1.165, 1.54) is 62.3 Å². The maximum atomic E-state index is 12.8. The maximum absolute atomic E-state index is 12.8. The summed E-state index contributed by atoms with van der Waals surface area (Å²) in [5.74, 6) is 2.32. The molecule has 4 aliphatic rings. The molecule has 0 atom stereocenters.